The fourth-order valence-electron chi connectivity index (χ4n) is 2.28. The van der Waals surface area contributed by atoms with Crippen molar-refractivity contribution in [3.05, 3.63) is 11.3 Å². The third-order valence-corrected chi connectivity index (χ3v) is 3.52. The van der Waals surface area contributed by atoms with E-state index < -0.39 is 0 Å². The Labute approximate surface area is 121 Å². The van der Waals surface area contributed by atoms with Crippen LogP contribution in [-0.2, 0) is 0 Å². The van der Waals surface area contributed by atoms with Crippen LogP contribution in [0.4, 0.5) is 5.82 Å². The summed E-state index contributed by atoms with van der Waals surface area (Å²) in [6.07, 6.45) is 10.1. The molecule has 1 rings (SSSR count). The SMILES string of the molecule is CCCCCCCCCCNC(=O)c1c(N)n[nH]c1C. The minimum Gasteiger partial charge on any atom is -0.382 e. The molecule has 1 heterocycles. The van der Waals surface area contributed by atoms with Gasteiger partial charge in [-0.25, -0.2) is 0 Å². The Kier molecular flexibility index (Phi) is 7.77. The Bertz CT molecular complexity index is 381. The van der Waals surface area contributed by atoms with Gasteiger partial charge in [0.1, 0.15) is 5.56 Å². The van der Waals surface area contributed by atoms with Gasteiger partial charge in [-0.2, -0.15) is 5.10 Å². The summed E-state index contributed by atoms with van der Waals surface area (Å²) in [6.45, 7) is 4.74. The maximum Gasteiger partial charge on any atom is 0.256 e. The number of carbonyl (C=O) groups is 1. The van der Waals surface area contributed by atoms with Crippen molar-refractivity contribution in [3.63, 3.8) is 0 Å². The number of H-pyrrole nitrogens is 1. The van der Waals surface area contributed by atoms with E-state index >= 15 is 0 Å². The lowest BCUT2D eigenvalue weighted by Gasteiger charge is -2.05. The van der Waals surface area contributed by atoms with Gasteiger partial charge in [-0.05, 0) is 13.3 Å². The molecule has 0 aliphatic rings. The van der Waals surface area contributed by atoms with Crippen LogP contribution in [0.1, 0.15) is 74.3 Å². The second-order valence-corrected chi connectivity index (χ2v) is 5.34. The Balaban J connectivity index is 2.06. The summed E-state index contributed by atoms with van der Waals surface area (Å²) in [5.74, 6) is 0.146. The Morgan fingerprint density at radius 3 is 2.30 bits per heavy atom. The quantitative estimate of drug-likeness (QED) is 0.575. The third-order valence-electron chi connectivity index (χ3n) is 3.52. The average molecular weight is 280 g/mol. The molecule has 5 nitrogen and oxygen atoms in total. The molecule has 0 saturated carbocycles. The zero-order valence-electron chi connectivity index (χ0n) is 12.8. The first-order chi connectivity index (χ1) is 9.66. The molecule has 0 bridgehead atoms. The molecule has 0 atom stereocenters. The maximum atomic E-state index is 11.9. The number of unbranched alkanes of at least 4 members (excludes halogenated alkanes) is 7. The monoisotopic (exact) mass is 280 g/mol. The largest absolute Gasteiger partial charge is 0.382 e. The van der Waals surface area contributed by atoms with Gasteiger partial charge in [-0.3, -0.25) is 9.89 Å². The molecule has 0 saturated heterocycles. The molecular weight excluding hydrogens is 252 g/mol. The van der Waals surface area contributed by atoms with E-state index in [1.165, 1.54) is 44.9 Å². The highest BCUT2D eigenvalue weighted by Gasteiger charge is 2.14. The van der Waals surface area contributed by atoms with Crippen LogP contribution in [0.15, 0.2) is 0 Å². The molecule has 0 aliphatic carbocycles. The number of rotatable bonds is 10. The fraction of sp³-hybridized carbons (Fsp3) is 0.733. The first kappa shape index (κ1) is 16.5. The van der Waals surface area contributed by atoms with Crippen LogP contribution in [0, 0.1) is 6.92 Å². The van der Waals surface area contributed by atoms with Crippen LogP contribution in [0.2, 0.25) is 0 Å². The lowest BCUT2D eigenvalue weighted by atomic mass is 10.1. The summed E-state index contributed by atoms with van der Waals surface area (Å²) in [6, 6.07) is 0. The molecule has 4 N–H and O–H groups in total. The first-order valence-electron chi connectivity index (χ1n) is 7.75. The predicted octanol–water partition coefficient (Wildman–Crippen LogP) is 3.17. The molecule has 0 radical (unpaired) electrons. The highest BCUT2D eigenvalue weighted by Crippen LogP contribution is 2.12. The normalized spacial score (nSPS) is 10.7. The molecule has 0 spiro atoms. The summed E-state index contributed by atoms with van der Waals surface area (Å²) in [7, 11) is 0. The third kappa shape index (κ3) is 5.63. The number of nitrogens with two attached hydrogens (primary N) is 1. The standard InChI is InChI=1S/C15H28N4O/c1-3-4-5-6-7-8-9-10-11-17-15(20)13-12(2)18-19-14(13)16/h3-11H2,1-2H3,(H,17,20)(H3,16,18,19). The second kappa shape index (κ2) is 9.39. The van der Waals surface area contributed by atoms with Crippen molar-refractivity contribution in [2.45, 2.75) is 65.2 Å². The minimum atomic E-state index is -0.128. The first-order valence-corrected chi connectivity index (χ1v) is 7.75. The van der Waals surface area contributed by atoms with E-state index in [0.717, 1.165) is 12.1 Å². The van der Waals surface area contributed by atoms with Crippen LogP contribution >= 0.6 is 0 Å². The molecule has 0 unspecified atom stereocenters. The van der Waals surface area contributed by atoms with E-state index in [-0.39, 0.29) is 11.7 Å². The van der Waals surface area contributed by atoms with Crippen molar-refractivity contribution in [3.8, 4) is 0 Å². The Morgan fingerprint density at radius 2 is 1.75 bits per heavy atom. The van der Waals surface area contributed by atoms with Gasteiger partial charge in [-0.1, -0.05) is 51.9 Å². The Morgan fingerprint density at radius 1 is 1.15 bits per heavy atom. The number of carbonyl (C=O) groups excluding carboxylic acids is 1. The molecule has 5 heteroatoms. The van der Waals surface area contributed by atoms with E-state index in [1.54, 1.807) is 6.92 Å². The van der Waals surface area contributed by atoms with E-state index in [2.05, 4.69) is 22.4 Å². The van der Waals surface area contributed by atoms with Gasteiger partial charge in [0.15, 0.2) is 5.82 Å². The van der Waals surface area contributed by atoms with Crippen molar-refractivity contribution in [2.75, 3.05) is 12.3 Å². The smallest absolute Gasteiger partial charge is 0.256 e. The van der Waals surface area contributed by atoms with Gasteiger partial charge in [0.25, 0.3) is 5.91 Å². The zero-order valence-corrected chi connectivity index (χ0v) is 12.8. The number of aromatic nitrogens is 2. The average Bonchev–Trinajstić information content (AvgIpc) is 2.76. The highest BCUT2D eigenvalue weighted by atomic mass is 16.1. The Hall–Kier alpha value is -1.52. The maximum absolute atomic E-state index is 11.9. The number of nitrogen functional groups attached to an aromatic ring is 1. The number of hydrogen-bond donors (Lipinski definition) is 3. The molecule has 0 fully saturated rings. The zero-order chi connectivity index (χ0) is 14.8. The number of anilines is 1. The number of nitrogens with zero attached hydrogens (tertiary/aromatic N) is 1. The number of hydrogen-bond acceptors (Lipinski definition) is 3. The van der Waals surface area contributed by atoms with Crippen LogP contribution < -0.4 is 11.1 Å². The topological polar surface area (TPSA) is 83.8 Å². The molecule has 0 aliphatic heterocycles. The van der Waals surface area contributed by atoms with Crippen molar-refractivity contribution < 1.29 is 4.79 Å². The van der Waals surface area contributed by atoms with Gasteiger partial charge >= 0.3 is 0 Å². The molecular formula is C15H28N4O. The lowest BCUT2D eigenvalue weighted by molar-refractivity contribution is 0.0953. The number of amides is 1. The van der Waals surface area contributed by atoms with Gasteiger partial charge < -0.3 is 11.1 Å². The minimum absolute atomic E-state index is 0.128. The molecule has 1 aromatic heterocycles. The van der Waals surface area contributed by atoms with Crippen LogP contribution in [0.25, 0.3) is 0 Å². The van der Waals surface area contributed by atoms with Gasteiger partial charge in [0.05, 0.1) is 0 Å². The van der Waals surface area contributed by atoms with E-state index in [9.17, 15) is 4.79 Å². The van der Waals surface area contributed by atoms with E-state index in [1.807, 2.05) is 0 Å². The van der Waals surface area contributed by atoms with Gasteiger partial charge in [-0.15, -0.1) is 0 Å². The van der Waals surface area contributed by atoms with E-state index in [4.69, 9.17) is 5.73 Å². The molecule has 20 heavy (non-hydrogen) atoms. The summed E-state index contributed by atoms with van der Waals surface area (Å²) in [4.78, 5) is 11.9. The summed E-state index contributed by atoms with van der Waals surface area (Å²) < 4.78 is 0. The second-order valence-electron chi connectivity index (χ2n) is 5.34. The van der Waals surface area contributed by atoms with Crippen LogP contribution in [0.3, 0.4) is 0 Å². The lowest BCUT2D eigenvalue weighted by Crippen LogP contribution is -2.25. The van der Waals surface area contributed by atoms with Gasteiger partial charge in [0, 0.05) is 12.2 Å². The predicted molar refractivity (Wildman–Crippen MR) is 82.7 cm³/mol. The number of nitrogens with one attached hydrogen (secondary N) is 2. The van der Waals surface area contributed by atoms with E-state index in [0.29, 0.717) is 12.1 Å². The summed E-state index contributed by atoms with van der Waals surface area (Å²) in [5.41, 5.74) is 6.84. The fourth-order valence-corrected chi connectivity index (χ4v) is 2.28. The molecule has 1 aromatic rings. The summed E-state index contributed by atoms with van der Waals surface area (Å²) in [5, 5.41) is 9.44. The van der Waals surface area contributed by atoms with Crippen molar-refractivity contribution in [1.82, 2.24) is 15.5 Å². The molecule has 0 aromatic carbocycles. The van der Waals surface area contributed by atoms with Crippen molar-refractivity contribution in [2.24, 2.45) is 0 Å². The van der Waals surface area contributed by atoms with Crippen LogP contribution in [-0.4, -0.2) is 22.6 Å². The summed E-state index contributed by atoms with van der Waals surface area (Å²) >= 11 is 0. The number of aromatic amines is 1. The van der Waals surface area contributed by atoms with Crippen molar-refractivity contribution in [1.29, 1.82) is 0 Å². The molecule has 114 valence electrons. The highest BCUT2D eigenvalue weighted by molar-refractivity contribution is 5.99. The van der Waals surface area contributed by atoms with Gasteiger partial charge in [0.2, 0.25) is 0 Å². The number of aryl methyl sites for hydroxylation is 1. The molecule has 1 amide bonds. The van der Waals surface area contributed by atoms with Crippen LogP contribution in [0.5, 0.6) is 0 Å². The van der Waals surface area contributed by atoms with Crippen molar-refractivity contribution >= 4 is 11.7 Å².